The molecule has 28 heavy (non-hydrogen) atoms. The maximum absolute atomic E-state index is 11.3. The molecule has 11 heteroatoms. The van der Waals surface area contributed by atoms with Crippen molar-refractivity contribution in [3.63, 3.8) is 0 Å². The number of aromatic hydroxyl groups is 1. The number of nitrogens with one attached hydrogen (secondary N) is 3. The average Bonchev–Trinajstić information content (AvgIpc) is 3.18. The van der Waals surface area contributed by atoms with Crippen LogP contribution in [0.3, 0.4) is 0 Å². The molecular formula is C17H22N8O3. The summed E-state index contributed by atoms with van der Waals surface area (Å²) in [6, 6.07) is 0. The number of ether oxygens (including phenoxy) is 1. The van der Waals surface area contributed by atoms with Crippen LogP contribution in [0.2, 0.25) is 0 Å². The van der Waals surface area contributed by atoms with E-state index < -0.39 is 5.69 Å². The average molecular weight is 386 g/mol. The molecule has 4 N–H and O–H groups in total. The number of aromatic nitrogens is 6. The largest absolute Gasteiger partial charge is 0.493 e. The van der Waals surface area contributed by atoms with Crippen LogP contribution in [0.4, 0.5) is 5.95 Å². The number of fused-ring (bicyclic) bond motifs is 1. The van der Waals surface area contributed by atoms with Gasteiger partial charge in [0.05, 0.1) is 18.4 Å². The minimum Gasteiger partial charge on any atom is -0.493 e. The fourth-order valence-corrected chi connectivity index (χ4v) is 3.46. The maximum atomic E-state index is 11.3. The molecule has 3 aromatic rings. The van der Waals surface area contributed by atoms with E-state index in [1.807, 2.05) is 11.8 Å². The van der Waals surface area contributed by atoms with Crippen LogP contribution >= 0.6 is 0 Å². The zero-order valence-electron chi connectivity index (χ0n) is 15.6. The second kappa shape index (κ2) is 7.08. The highest BCUT2D eigenvalue weighted by atomic mass is 16.5. The second-order valence-corrected chi connectivity index (χ2v) is 6.93. The van der Waals surface area contributed by atoms with Crippen LogP contribution in [0.1, 0.15) is 32.4 Å². The van der Waals surface area contributed by atoms with Crippen LogP contribution in [-0.2, 0) is 4.74 Å². The maximum Gasteiger partial charge on any atom is 0.326 e. The van der Waals surface area contributed by atoms with Crippen molar-refractivity contribution >= 4 is 17.7 Å². The minimum absolute atomic E-state index is 0.0390. The van der Waals surface area contributed by atoms with Gasteiger partial charge in [-0.1, -0.05) is 13.3 Å². The highest BCUT2D eigenvalue weighted by molar-refractivity contribution is 5.57. The van der Waals surface area contributed by atoms with E-state index in [1.54, 1.807) is 6.08 Å². The van der Waals surface area contributed by atoms with Crippen molar-refractivity contribution in [2.75, 3.05) is 18.0 Å². The van der Waals surface area contributed by atoms with Gasteiger partial charge in [0, 0.05) is 18.3 Å². The number of hydrogen-bond donors (Lipinski definition) is 4. The predicted molar refractivity (Wildman–Crippen MR) is 100.0 cm³/mol. The molecule has 3 aromatic heterocycles. The van der Waals surface area contributed by atoms with Gasteiger partial charge in [0.15, 0.2) is 5.65 Å². The Balaban J connectivity index is 1.78. The third-order valence-electron chi connectivity index (χ3n) is 4.64. The Morgan fingerprint density at radius 2 is 2.21 bits per heavy atom. The molecule has 0 bridgehead atoms. The Kier molecular flexibility index (Phi) is 4.59. The number of imidazole rings is 1. The van der Waals surface area contributed by atoms with Crippen molar-refractivity contribution < 1.29 is 9.84 Å². The summed E-state index contributed by atoms with van der Waals surface area (Å²) in [5, 5.41) is 22.7. The molecule has 0 amide bonds. The number of nitrogens with zero attached hydrogens (tertiary/aromatic N) is 5. The molecule has 1 saturated heterocycles. The van der Waals surface area contributed by atoms with Crippen molar-refractivity contribution in [1.82, 2.24) is 29.5 Å². The van der Waals surface area contributed by atoms with Gasteiger partial charge in [0.2, 0.25) is 17.4 Å². The molecule has 0 spiro atoms. The molecule has 11 nitrogen and oxygen atoms in total. The lowest BCUT2D eigenvalue weighted by Gasteiger charge is -2.36. The lowest BCUT2D eigenvalue weighted by atomic mass is 10.1. The summed E-state index contributed by atoms with van der Waals surface area (Å²) in [5.74, 6) is 0.171. The van der Waals surface area contributed by atoms with E-state index >= 15 is 0 Å². The summed E-state index contributed by atoms with van der Waals surface area (Å²) in [6.07, 6.45) is 5.17. The molecule has 148 valence electrons. The molecular weight excluding hydrogens is 364 g/mol. The first-order valence-electron chi connectivity index (χ1n) is 9.18. The van der Waals surface area contributed by atoms with Crippen LogP contribution in [0, 0.1) is 5.41 Å². The first-order valence-corrected chi connectivity index (χ1v) is 9.18. The minimum atomic E-state index is -0.513. The number of rotatable bonds is 4. The molecule has 0 saturated carbocycles. The lowest BCUT2D eigenvalue weighted by Crippen LogP contribution is -2.48. The molecule has 0 aliphatic carbocycles. The van der Waals surface area contributed by atoms with Gasteiger partial charge in [-0.2, -0.15) is 19.6 Å². The van der Waals surface area contributed by atoms with E-state index in [0.717, 1.165) is 12.8 Å². The number of H-pyrrole nitrogens is 2. The smallest absolute Gasteiger partial charge is 0.326 e. The fourth-order valence-electron chi connectivity index (χ4n) is 3.46. The van der Waals surface area contributed by atoms with E-state index in [2.05, 4.69) is 32.0 Å². The molecule has 1 aliphatic heterocycles. The van der Waals surface area contributed by atoms with Crippen molar-refractivity contribution in [2.24, 2.45) is 0 Å². The first kappa shape index (κ1) is 18.2. The first-order chi connectivity index (χ1) is 13.4. The Hall–Kier alpha value is -3.21. The monoisotopic (exact) mass is 386 g/mol. The van der Waals surface area contributed by atoms with Gasteiger partial charge in [-0.15, -0.1) is 0 Å². The van der Waals surface area contributed by atoms with Crippen molar-refractivity contribution in [3.8, 4) is 5.88 Å². The van der Waals surface area contributed by atoms with Gasteiger partial charge in [0.1, 0.15) is 5.69 Å². The van der Waals surface area contributed by atoms with E-state index in [-0.39, 0.29) is 29.4 Å². The lowest BCUT2D eigenvalue weighted by molar-refractivity contribution is -0.0204. The molecule has 0 aromatic carbocycles. The molecule has 0 radical (unpaired) electrons. The normalized spacial score (nSPS) is 20.9. The SMILES string of the molecule is CCCC1CN(c2nc(=N)n3ncc(=Cc4[nH]c(=O)[nH]c4O)c3n2)CC(C)O1. The van der Waals surface area contributed by atoms with Gasteiger partial charge in [0.25, 0.3) is 0 Å². The van der Waals surface area contributed by atoms with Crippen LogP contribution in [0.25, 0.3) is 11.7 Å². The number of morpholine rings is 1. The van der Waals surface area contributed by atoms with Crippen molar-refractivity contribution in [1.29, 1.82) is 5.41 Å². The van der Waals surface area contributed by atoms with Gasteiger partial charge < -0.3 is 19.7 Å². The fraction of sp³-hybridized carbons (Fsp3) is 0.471. The van der Waals surface area contributed by atoms with Gasteiger partial charge in [-0.25, -0.2) is 4.79 Å². The van der Waals surface area contributed by atoms with Gasteiger partial charge in [-0.3, -0.25) is 10.4 Å². The van der Waals surface area contributed by atoms with Crippen LogP contribution < -0.4 is 21.4 Å². The van der Waals surface area contributed by atoms with E-state index in [9.17, 15) is 9.90 Å². The summed E-state index contributed by atoms with van der Waals surface area (Å²) in [6.45, 7) is 5.42. The van der Waals surface area contributed by atoms with Gasteiger partial charge in [-0.05, 0) is 19.4 Å². The van der Waals surface area contributed by atoms with Gasteiger partial charge >= 0.3 is 5.69 Å². The van der Waals surface area contributed by atoms with Crippen LogP contribution in [-0.4, -0.2) is 60.0 Å². The Bertz CT molecular complexity index is 1160. The molecule has 1 fully saturated rings. The Morgan fingerprint density at radius 3 is 2.93 bits per heavy atom. The summed E-state index contributed by atoms with van der Waals surface area (Å²) in [5.41, 5.74) is 0.0795. The number of anilines is 1. The van der Waals surface area contributed by atoms with E-state index in [4.69, 9.17) is 10.1 Å². The molecule has 1 aliphatic rings. The predicted octanol–water partition coefficient (Wildman–Crippen LogP) is -0.733. The molecule has 2 unspecified atom stereocenters. The highest BCUT2D eigenvalue weighted by Gasteiger charge is 2.27. The van der Waals surface area contributed by atoms with Crippen LogP contribution in [0.15, 0.2) is 11.0 Å². The zero-order chi connectivity index (χ0) is 19.8. The Labute approximate surface area is 159 Å². The third-order valence-corrected chi connectivity index (χ3v) is 4.64. The van der Waals surface area contributed by atoms with Crippen molar-refractivity contribution in [3.05, 3.63) is 33.2 Å². The van der Waals surface area contributed by atoms with Crippen LogP contribution in [0.5, 0.6) is 5.88 Å². The molecule has 4 heterocycles. The highest BCUT2D eigenvalue weighted by Crippen LogP contribution is 2.18. The summed E-state index contributed by atoms with van der Waals surface area (Å²) in [4.78, 5) is 27.0. The number of hydrogen-bond acceptors (Lipinski definition) is 8. The quantitative estimate of drug-likeness (QED) is 0.462. The van der Waals surface area contributed by atoms with E-state index in [1.165, 1.54) is 10.7 Å². The van der Waals surface area contributed by atoms with E-state index in [0.29, 0.717) is 29.9 Å². The standard InChI is InChI=1S/C17H22N8O3/c1-3-4-11-8-24(7-9(2)28-11)16-21-13-10(6-19-25(13)15(18)23-16)5-12-14(26)22-17(27)20-12/h5-6,9,11,18,26H,3-4,7-8H2,1-2H3,(H2,20,22,27). The summed E-state index contributed by atoms with van der Waals surface area (Å²) < 4.78 is 7.28. The second-order valence-electron chi connectivity index (χ2n) is 6.93. The molecule has 4 rings (SSSR count). The number of aromatic amines is 2. The molecule has 2 atom stereocenters. The zero-order valence-corrected chi connectivity index (χ0v) is 15.6. The summed E-state index contributed by atoms with van der Waals surface area (Å²) >= 11 is 0. The third kappa shape index (κ3) is 3.36. The summed E-state index contributed by atoms with van der Waals surface area (Å²) in [7, 11) is 0. The topological polar surface area (TPSA) is 148 Å². The Morgan fingerprint density at radius 1 is 1.39 bits per heavy atom. The van der Waals surface area contributed by atoms with Crippen molar-refractivity contribution in [2.45, 2.75) is 38.9 Å².